The number of hydrogen-bond donors (Lipinski definition) is 1. The third kappa shape index (κ3) is 3.95. The number of para-hydroxylation sites is 1. The zero-order valence-corrected chi connectivity index (χ0v) is 16.0. The Bertz CT molecular complexity index is 852. The lowest BCUT2D eigenvalue weighted by Crippen LogP contribution is -2.36. The molecule has 0 aliphatic carbocycles. The molecule has 2 aromatic rings. The van der Waals surface area contributed by atoms with Crippen molar-refractivity contribution in [3.8, 4) is 0 Å². The van der Waals surface area contributed by atoms with Crippen LogP contribution in [-0.2, 0) is 0 Å². The molecule has 1 fully saturated rings. The highest BCUT2D eigenvalue weighted by Crippen LogP contribution is 2.31. The fourth-order valence-electron chi connectivity index (χ4n) is 2.83. The first-order valence-corrected chi connectivity index (χ1v) is 9.31. The molecular formula is C18H16Cl3N3O2. The second-order valence-electron chi connectivity index (χ2n) is 5.94. The van der Waals surface area contributed by atoms with Crippen molar-refractivity contribution >= 4 is 52.3 Å². The molecule has 136 valence electrons. The molecule has 1 aromatic carbocycles. The van der Waals surface area contributed by atoms with Gasteiger partial charge >= 0.3 is 0 Å². The van der Waals surface area contributed by atoms with E-state index in [0.717, 1.165) is 32.4 Å². The smallest absolute Gasteiger partial charge is 0.275 e. The predicted octanol–water partition coefficient (Wildman–Crippen LogP) is 4.92. The second kappa shape index (κ2) is 8.25. The van der Waals surface area contributed by atoms with Crippen molar-refractivity contribution in [1.29, 1.82) is 0 Å². The molecule has 1 aromatic heterocycles. The van der Waals surface area contributed by atoms with Crippen LogP contribution >= 0.6 is 34.8 Å². The number of nitrogens with zero attached hydrogens (tertiary/aromatic N) is 2. The lowest BCUT2D eigenvalue weighted by atomic mass is 10.1. The van der Waals surface area contributed by atoms with Crippen LogP contribution in [0.1, 0.15) is 40.1 Å². The Morgan fingerprint density at radius 1 is 1.00 bits per heavy atom. The van der Waals surface area contributed by atoms with E-state index >= 15 is 0 Å². The molecule has 1 N–H and O–H groups in total. The van der Waals surface area contributed by atoms with Crippen molar-refractivity contribution < 1.29 is 9.59 Å². The van der Waals surface area contributed by atoms with Gasteiger partial charge < -0.3 is 10.2 Å². The van der Waals surface area contributed by atoms with Crippen LogP contribution in [-0.4, -0.2) is 34.8 Å². The van der Waals surface area contributed by atoms with Crippen LogP contribution in [0.5, 0.6) is 0 Å². The van der Waals surface area contributed by atoms with Gasteiger partial charge in [-0.2, -0.15) is 0 Å². The highest BCUT2D eigenvalue weighted by Gasteiger charge is 2.23. The Hall–Kier alpha value is -1.82. The molecule has 0 atom stereocenters. The molecule has 2 amide bonds. The molecule has 8 heteroatoms. The van der Waals surface area contributed by atoms with Gasteiger partial charge in [0.15, 0.2) is 0 Å². The number of benzene rings is 1. The van der Waals surface area contributed by atoms with E-state index in [-0.39, 0.29) is 26.7 Å². The molecule has 26 heavy (non-hydrogen) atoms. The lowest BCUT2D eigenvalue weighted by molar-refractivity contribution is 0.0725. The first-order valence-electron chi connectivity index (χ1n) is 8.18. The SMILES string of the molecule is O=C(Nc1ccccc1C(=O)N1CCCCC1)c1ncc(Cl)c(Cl)c1Cl. The van der Waals surface area contributed by atoms with Crippen molar-refractivity contribution in [2.45, 2.75) is 19.3 Å². The zero-order valence-electron chi connectivity index (χ0n) is 13.8. The molecule has 0 spiro atoms. The van der Waals surface area contributed by atoms with Crippen LogP contribution in [0.4, 0.5) is 5.69 Å². The minimum absolute atomic E-state index is 0.0310. The Labute approximate surface area is 166 Å². The van der Waals surface area contributed by atoms with Gasteiger partial charge in [-0.15, -0.1) is 0 Å². The summed E-state index contributed by atoms with van der Waals surface area (Å²) >= 11 is 17.9. The van der Waals surface area contributed by atoms with Crippen molar-refractivity contribution in [2.75, 3.05) is 18.4 Å². The number of rotatable bonds is 3. The van der Waals surface area contributed by atoms with Gasteiger partial charge in [-0.05, 0) is 31.4 Å². The van der Waals surface area contributed by atoms with E-state index in [1.165, 1.54) is 6.20 Å². The summed E-state index contributed by atoms with van der Waals surface area (Å²) in [5.41, 5.74) is 0.775. The highest BCUT2D eigenvalue weighted by atomic mass is 35.5. The minimum Gasteiger partial charge on any atom is -0.339 e. The number of carbonyl (C=O) groups excluding carboxylic acids is 2. The summed E-state index contributed by atoms with van der Waals surface area (Å²) < 4.78 is 0. The first kappa shape index (κ1) is 19.0. The van der Waals surface area contributed by atoms with E-state index in [1.807, 2.05) is 0 Å². The van der Waals surface area contributed by atoms with Gasteiger partial charge in [0.05, 0.1) is 26.3 Å². The number of nitrogens with one attached hydrogen (secondary N) is 1. The number of anilines is 1. The van der Waals surface area contributed by atoms with Crippen LogP contribution in [0.25, 0.3) is 0 Å². The maximum absolute atomic E-state index is 12.8. The van der Waals surface area contributed by atoms with Gasteiger partial charge in [0.2, 0.25) is 0 Å². The van der Waals surface area contributed by atoms with E-state index < -0.39 is 5.91 Å². The van der Waals surface area contributed by atoms with Crippen molar-refractivity contribution in [3.05, 3.63) is 56.8 Å². The summed E-state index contributed by atoms with van der Waals surface area (Å²) in [6, 6.07) is 6.86. The van der Waals surface area contributed by atoms with Crippen molar-refractivity contribution in [2.24, 2.45) is 0 Å². The third-order valence-corrected chi connectivity index (χ3v) is 5.42. The molecule has 1 aliphatic heterocycles. The Morgan fingerprint density at radius 3 is 2.42 bits per heavy atom. The van der Waals surface area contributed by atoms with Crippen LogP contribution in [0.2, 0.25) is 15.1 Å². The van der Waals surface area contributed by atoms with Gasteiger partial charge in [-0.1, -0.05) is 46.9 Å². The van der Waals surface area contributed by atoms with E-state index in [9.17, 15) is 9.59 Å². The van der Waals surface area contributed by atoms with E-state index in [2.05, 4.69) is 10.3 Å². The van der Waals surface area contributed by atoms with Crippen LogP contribution in [0.3, 0.4) is 0 Å². The van der Waals surface area contributed by atoms with Gasteiger partial charge in [-0.3, -0.25) is 9.59 Å². The number of likely N-dealkylation sites (tertiary alicyclic amines) is 1. The Kier molecular flexibility index (Phi) is 6.01. The topological polar surface area (TPSA) is 62.3 Å². The lowest BCUT2D eigenvalue weighted by Gasteiger charge is -2.27. The number of piperidine rings is 1. The molecule has 0 saturated carbocycles. The van der Waals surface area contributed by atoms with Crippen molar-refractivity contribution in [3.63, 3.8) is 0 Å². The maximum Gasteiger partial charge on any atom is 0.275 e. The Morgan fingerprint density at radius 2 is 1.69 bits per heavy atom. The summed E-state index contributed by atoms with van der Waals surface area (Å²) in [6.45, 7) is 1.45. The Balaban J connectivity index is 1.85. The number of hydrogen-bond acceptors (Lipinski definition) is 3. The fraction of sp³-hybridized carbons (Fsp3) is 0.278. The van der Waals surface area contributed by atoms with Crippen molar-refractivity contribution in [1.82, 2.24) is 9.88 Å². The molecule has 0 unspecified atom stereocenters. The quantitative estimate of drug-likeness (QED) is 0.778. The molecule has 3 rings (SSSR count). The predicted molar refractivity (Wildman–Crippen MR) is 103 cm³/mol. The second-order valence-corrected chi connectivity index (χ2v) is 7.10. The summed E-state index contributed by atoms with van der Waals surface area (Å²) in [6.07, 6.45) is 4.37. The summed E-state index contributed by atoms with van der Waals surface area (Å²) in [7, 11) is 0. The monoisotopic (exact) mass is 411 g/mol. The number of carbonyl (C=O) groups is 2. The molecule has 1 aliphatic rings. The van der Waals surface area contributed by atoms with Gasteiger partial charge in [0.1, 0.15) is 5.69 Å². The van der Waals surface area contributed by atoms with Crippen LogP contribution in [0.15, 0.2) is 30.5 Å². The van der Waals surface area contributed by atoms with E-state index in [4.69, 9.17) is 34.8 Å². The van der Waals surface area contributed by atoms with E-state index in [0.29, 0.717) is 11.3 Å². The van der Waals surface area contributed by atoms with Crippen LogP contribution in [0, 0.1) is 0 Å². The number of halogens is 3. The van der Waals surface area contributed by atoms with E-state index in [1.54, 1.807) is 29.2 Å². The first-order chi connectivity index (χ1) is 12.5. The normalized spacial score (nSPS) is 14.2. The average Bonchev–Trinajstić information content (AvgIpc) is 2.66. The standard InChI is InChI=1S/C18H16Cl3N3O2/c19-12-10-22-16(15(21)14(12)20)17(25)23-13-7-3-2-6-11(13)18(26)24-8-4-1-5-9-24/h2-3,6-7,10H,1,4-5,8-9H2,(H,23,25). The van der Waals surface area contributed by atoms with Crippen LogP contribution < -0.4 is 5.32 Å². The summed E-state index contributed by atoms with van der Waals surface area (Å²) in [5.74, 6) is -0.666. The molecule has 5 nitrogen and oxygen atoms in total. The minimum atomic E-state index is -0.563. The summed E-state index contributed by atoms with van der Waals surface area (Å²) in [5, 5.41) is 2.89. The van der Waals surface area contributed by atoms with Gasteiger partial charge in [0.25, 0.3) is 11.8 Å². The van der Waals surface area contributed by atoms with Gasteiger partial charge in [0, 0.05) is 19.3 Å². The molecule has 0 radical (unpaired) electrons. The highest BCUT2D eigenvalue weighted by molar-refractivity contribution is 6.49. The molecule has 2 heterocycles. The zero-order chi connectivity index (χ0) is 18.7. The molecule has 1 saturated heterocycles. The average molecular weight is 413 g/mol. The maximum atomic E-state index is 12.8. The number of amides is 2. The summed E-state index contributed by atoms with van der Waals surface area (Å²) in [4.78, 5) is 31.1. The molecule has 0 bridgehead atoms. The third-order valence-electron chi connectivity index (χ3n) is 4.18. The number of pyridine rings is 1. The fourth-order valence-corrected chi connectivity index (χ4v) is 3.40. The number of aromatic nitrogens is 1. The van der Waals surface area contributed by atoms with Gasteiger partial charge in [-0.25, -0.2) is 4.98 Å². The molecular weight excluding hydrogens is 397 g/mol. The largest absolute Gasteiger partial charge is 0.339 e.